The van der Waals surface area contributed by atoms with Crippen LogP contribution in [-0.2, 0) is 14.4 Å². The molecule has 0 aromatic carbocycles. The summed E-state index contributed by atoms with van der Waals surface area (Å²) < 4.78 is 5.54. The van der Waals surface area contributed by atoms with Crippen LogP contribution in [-0.4, -0.2) is 50.9 Å². The SMILES string of the molecule is CC(=O)OC[C@H]1ON(n2ccc(N)nc2=O)[C@H](O)[C@@H]1O. The van der Waals surface area contributed by atoms with Crippen molar-refractivity contribution in [3.8, 4) is 0 Å². The molecule has 10 heteroatoms. The molecule has 20 heavy (non-hydrogen) atoms. The molecule has 0 bridgehead atoms. The van der Waals surface area contributed by atoms with Crippen molar-refractivity contribution in [2.75, 3.05) is 17.5 Å². The molecule has 1 aromatic rings. The normalized spacial score (nSPS) is 25.8. The number of esters is 1. The highest BCUT2D eigenvalue weighted by atomic mass is 16.8. The Morgan fingerprint density at radius 3 is 2.90 bits per heavy atom. The molecule has 2 rings (SSSR count). The van der Waals surface area contributed by atoms with E-state index in [1.807, 2.05) is 0 Å². The Hall–Kier alpha value is -2.17. The Bertz CT molecular complexity index is 561. The summed E-state index contributed by atoms with van der Waals surface area (Å²) in [7, 11) is 0. The first-order valence-electron chi connectivity index (χ1n) is 5.71. The molecule has 1 fully saturated rings. The van der Waals surface area contributed by atoms with Gasteiger partial charge in [0.25, 0.3) is 0 Å². The number of hydroxylamine groups is 1. The standard InChI is InChI=1S/C10H14N4O6/c1-5(15)19-4-6-8(16)9(17)14(20-6)13-3-2-7(11)12-10(13)18/h2-3,6,8-9,16-17H,4H2,1H3,(H2,11,12,18)/t6-,8-,9-/m1/s1. The van der Waals surface area contributed by atoms with Crippen LogP contribution in [0.25, 0.3) is 0 Å². The van der Waals surface area contributed by atoms with Crippen molar-refractivity contribution >= 4 is 11.8 Å². The van der Waals surface area contributed by atoms with Crippen LogP contribution in [0, 0.1) is 0 Å². The molecule has 3 atom stereocenters. The molecule has 1 aliphatic heterocycles. The van der Waals surface area contributed by atoms with Gasteiger partial charge in [-0.15, -0.1) is 0 Å². The van der Waals surface area contributed by atoms with Gasteiger partial charge in [-0.05, 0) is 6.07 Å². The summed E-state index contributed by atoms with van der Waals surface area (Å²) in [4.78, 5) is 31.0. The number of aliphatic hydroxyl groups excluding tert-OH is 2. The van der Waals surface area contributed by atoms with Gasteiger partial charge in [0.05, 0.1) is 0 Å². The Morgan fingerprint density at radius 2 is 2.30 bits per heavy atom. The van der Waals surface area contributed by atoms with Gasteiger partial charge in [-0.1, -0.05) is 0 Å². The number of nitrogens with zero attached hydrogens (tertiary/aromatic N) is 3. The maximum absolute atomic E-state index is 11.6. The average Bonchev–Trinajstić information content (AvgIpc) is 2.64. The van der Waals surface area contributed by atoms with Gasteiger partial charge in [-0.2, -0.15) is 14.8 Å². The molecule has 0 amide bonds. The summed E-state index contributed by atoms with van der Waals surface area (Å²) in [5.74, 6) is -0.544. The van der Waals surface area contributed by atoms with Crippen molar-refractivity contribution < 1.29 is 24.6 Å². The van der Waals surface area contributed by atoms with E-state index in [0.717, 1.165) is 9.85 Å². The number of ether oxygens (including phenoxy) is 1. The lowest BCUT2D eigenvalue weighted by molar-refractivity contribution is -0.146. The van der Waals surface area contributed by atoms with Gasteiger partial charge in [-0.25, -0.2) is 9.63 Å². The second-order valence-electron chi connectivity index (χ2n) is 4.13. The summed E-state index contributed by atoms with van der Waals surface area (Å²) in [6.07, 6.45) is -2.65. The van der Waals surface area contributed by atoms with Crippen molar-refractivity contribution in [1.82, 2.24) is 9.66 Å². The first kappa shape index (κ1) is 14.2. The van der Waals surface area contributed by atoms with E-state index >= 15 is 0 Å². The molecule has 10 nitrogen and oxygen atoms in total. The van der Waals surface area contributed by atoms with Gasteiger partial charge in [-0.3, -0.25) is 4.79 Å². The molecule has 0 radical (unpaired) electrons. The fourth-order valence-electron chi connectivity index (χ4n) is 1.65. The van der Waals surface area contributed by atoms with Crippen LogP contribution in [0.1, 0.15) is 6.92 Å². The third-order valence-corrected chi connectivity index (χ3v) is 2.63. The van der Waals surface area contributed by atoms with Gasteiger partial charge in [0, 0.05) is 13.1 Å². The van der Waals surface area contributed by atoms with Gasteiger partial charge in [0.2, 0.25) is 0 Å². The van der Waals surface area contributed by atoms with E-state index < -0.39 is 30.1 Å². The molecular formula is C10H14N4O6. The van der Waals surface area contributed by atoms with Gasteiger partial charge >= 0.3 is 11.7 Å². The molecule has 1 aromatic heterocycles. The van der Waals surface area contributed by atoms with E-state index in [9.17, 15) is 19.8 Å². The Morgan fingerprint density at radius 1 is 1.60 bits per heavy atom. The maximum Gasteiger partial charge on any atom is 0.370 e. The summed E-state index contributed by atoms with van der Waals surface area (Å²) in [6.45, 7) is 0.936. The lowest BCUT2D eigenvalue weighted by Gasteiger charge is -2.21. The molecule has 4 N–H and O–H groups in total. The van der Waals surface area contributed by atoms with Gasteiger partial charge in [0.15, 0.2) is 12.3 Å². The van der Waals surface area contributed by atoms with Crippen LogP contribution >= 0.6 is 0 Å². The molecule has 2 heterocycles. The maximum atomic E-state index is 11.6. The van der Waals surface area contributed by atoms with Crippen LogP contribution < -0.4 is 16.6 Å². The minimum Gasteiger partial charge on any atom is -0.463 e. The highest BCUT2D eigenvalue weighted by Crippen LogP contribution is 2.18. The number of aliphatic hydroxyl groups is 2. The molecular weight excluding hydrogens is 272 g/mol. The monoisotopic (exact) mass is 286 g/mol. The highest BCUT2D eigenvalue weighted by Gasteiger charge is 2.43. The zero-order valence-corrected chi connectivity index (χ0v) is 10.5. The van der Waals surface area contributed by atoms with E-state index in [4.69, 9.17) is 15.3 Å². The van der Waals surface area contributed by atoms with E-state index in [0.29, 0.717) is 0 Å². The zero-order valence-electron chi connectivity index (χ0n) is 10.5. The number of carbonyl (C=O) groups excluding carboxylic acids is 1. The minimum atomic E-state index is -1.52. The van der Waals surface area contributed by atoms with Crippen molar-refractivity contribution in [2.24, 2.45) is 0 Å². The summed E-state index contributed by atoms with van der Waals surface area (Å²) in [6, 6.07) is 1.32. The minimum absolute atomic E-state index is 0.0111. The molecule has 0 aliphatic carbocycles. The van der Waals surface area contributed by atoms with Crippen LogP contribution in [0.2, 0.25) is 0 Å². The highest BCUT2D eigenvalue weighted by molar-refractivity contribution is 5.65. The molecule has 0 spiro atoms. The fourth-order valence-corrected chi connectivity index (χ4v) is 1.65. The predicted octanol–water partition coefficient (Wildman–Crippen LogP) is -2.68. The van der Waals surface area contributed by atoms with Crippen LogP contribution in [0.15, 0.2) is 17.1 Å². The van der Waals surface area contributed by atoms with E-state index in [1.54, 1.807) is 0 Å². The van der Waals surface area contributed by atoms with E-state index in [1.165, 1.54) is 19.2 Å². The number of anilines is 1. The number of hydrogen-bond donors (Lipinski definition) is 3. The first-order valence-corrected chi connectivity index (χ1v) is 5.71. The molecule has 110 valence electrons. The lowest BCUT2D eigenvalue weighted by Crippen LogP contribution is -2.47. The number of nitrogen functional groups attached to an aromatic ring is 1. The quantitative estimate of drug-likeness (QED) is 0.507. The predicted molar refractivity (Wildman–Crippen MR) is 64.6 cm³/mol. The first-order chi connectivity index (χ1) is 9.40. The summed E-state index contributed by atoms with van der Waals surface area (Å²) in [5, 5.41) is 20.4. The van der Waals surface area contributed by atoms with Gasteiger partial charge < -0.3 is 20.7 Å². The van der Waals surface area contributed by atoms with Crippen LogP contribution in [0.3, 0.4) is 0 Å². The van der Waals surface area contributed by atoms with Crippen LogP contribution in [0.4, 0.5) is 5.82 Å². The Balaban J connectivity index is 2.17. The van der Waals surface area contributed by atoms with Crippen molar-refractivity contribution in [1.29, 1.82) is 0 Å². The number of rotatable bonds is 3. The number of carbonyl (C=O) groups is 1. The molecule has 1 saturated heterocycles. The second-order valence-corrected chi connectivity index (χ2v) is 4.13. The topological polar surface area (TPSA) is 140 Å². The molecule has 1 aliphatic rings. The third-order valence-electron chi connectivity index (χ3n) is 2.63. The van der Waals surface area contributed by atoms with Gasteiger partial charge in [0.1, 0.15) is 18.5 Å². The van der Waals surface area contributed by atoms with E-state index in [-0.39, 0.29) is 12.4 Å². The van der Waals surface area contributed by atoms with Crippen LogP contribution in [0.5, 0.6) is 0 Å². The number of aromatic nitrogens is 2. The van der Waals surface area contributed by atoms with Crippen molar-refractivity contribution in [3.05, 3.63) is 22.7 Å². The number of hydrogen-bond acceptors (Lipinski definition) is 9. The number of nitrogens with two attached hydrogens (primary N) is 1. The summed E-state index contributed by atoms with van der Waals surface area (Å²) in [5.41, 5.74) is 4.56. The van der Waals surface area contributed by atoms with Crippen molar-refractivity contribution in [2.45, 2.75) is 25.4 Å². The van der Waals surface area contributed by atoms with Crippen molar-refractivity contribution in [3.63, 3.8) is 0 Å². The average molecular weight is 286 g/mol. The Kier molecular flexibility index (Phi) is 3.88. The lowest BCUT2D eigenvalue weighted by atomic mass is 10.2. The second kappa shape index (κ2) is 5.45. The zero-order chi connectivity index (χ0) is 14.9. The molecule has 0 unspecified atom stereocenters. The fraction of sp³-hybridized carbons (Fsp3) is 0.500. The van der Waals surface area contributed by atoms with E-state index in [2.05, 4.69) is 4.98 Å². The summed E-state index contributed by atoms with van der Waals surface area (Å²) >= 11 is 0. The smallest absolute Gasteiger partial charge is 0.370 e. The third kappa shape index (κ3) is 2.71. The molecule has 0 saturated carbocycles. The largest absolute Gasteiger partial charge is 0.463 e. The Labute approximate surface area is 112 Å².